The number of carbonyl (C=O) groups is 1. The Bertz CT molecular complexity index is 354. The van der Waals surface area contributed by atoms with E-state index < -0.39 is 5.60 Å². The molecule has 1 aliphatic carbocycles. The molecule has 0 radical (unpaired) electrons. The first-order valence-electron chi connectivity index (χ1n) is 7.11. The zero-order valence-corrected chi connectivity index (χ0v) is 12.0. The number of unbranched alkanes of at least 4 members (excludes halogenated alkanes) is 1. The van der Waals surface area contributed by atoms with Crippen LogP contribution in [-0.4, -0.2) is 29.2 Å². The van der Waals surface area contributed by atoms with E-state index in [1.807, 2.05) is 25.7 Å². The van der Waals surface area contributed by atoms with Crippen LogP contribution in [0.5, 0.6) is 0 Å². The summed E-state index contributed by atoms with van der Waals surface area (Å²) in [6.07, 6.45) is 6.92. The quantitative estimate of drug-likeness (QED) is 0.715. The second kappa shape index (κ2) is 4.94. The molecule has 0 unspecified atom stereocenters. The monoisotopic (exact) mass is 251 g/mol. The Morgan fingerprint density at radius 1 is 1.50 bits per heavy atom. The van der Waals surface area contributed by atoms with Crippen molar-refractivity contribution < 1.29 is 9.53 Å². The van der Waals surface area contributed by atoms with Crippen molar-refractivity contribution in [2.45, 2.75) is 65.0 Å². The van der Waals surface area contributed by atoms with E-state index in [0.29, 0.717) is 12.0 Å². The van der Waals surface area contributed by atoms with Crippen LogP contribution in [0.2, 0.25) is 0 Å². The fourth-order valence-electron chi connectivity index (χ4n) is 2.91. The summed E-state index contributed by atoms with van der Waals surface area (Å²) in [7, 11) is 0. The molecule has 2 aliphatic rings. The highest BCUT2D eigenvalue weighted by molar-refractivity contribution is 5.70. The molecule has 0 aromatic carbocycles. The number of likely N-dealkylation sites (tertiary alicyclic amines) is 1. The van der Waals surface area contributed by atoms with Crippen molar-refractivity contribution in [3.8, 4) is 0 Å². The van der Waals surface area contributed by atoms with Crippen LogP contribution in [0.25, 0.3) is 0 Å². The van der Waals surface area contributed by atoms with Gasteiger partial charge in [0.15, 0.2) is 0 Å². The number of hydrogen-bond donors (Lipinski definition) is 0. The highest BCUT2D eigenvalue weighted by Gasteiger charge is 2.42. The lowest BCUT2D eigenvalue weighted by Gasteiger charge is -2.31. The van der Waals surface area contributed by atoms with E-state index in [9.17, 15) is 4.79 Å². The molecule has 0 aromatic rings. The molecule has 18 heavy (non-hydrogen) atoms. The molecule has 1 fully saturated rings. The molecule has 2 atom stereocenters. The van der Waals surface area contributed by atoms with E-state index in [1.165, 1.54) is 18.4 Å². The van der Waals surface area contributed by atoms with Crippen LogP contribution in [0.1, 0.15) is 53.4 Å². The van der Waals surface area contributed by atoms with E-state index in [1.54, 1.807) is 0 Å². The number of hydrogen-bond acceptors (Lipinski definition) is 2. The van der Waals surface area contributed by atoms with Crippen LogP contribution in [0.3, 0.4) is 0 Å². The molecule has 102 valence electrons. The number of nitrogens with zero attached hydrogens (tertiary/aromatic N) is 1. The van der Waals surface area contributed by atoms with Gasteiger partial charge in [0, 0.05) is 6.54 Å². The van der Waals surface area contributed by atoms with Crippen LogP contribution in [0, 0.1) is 5.92 Å². The van der Waals surface area contributed by atoms with Crippen molar-refractivity contribution >= 4 is 6.09 Å². The third-order valence-electron chi connectivity index (χ3n) is 3.66. The summed E-state index contributed by atoms with van der Waals surface area (Å²) in [6.45, 7) is 8.82. The van der Waals surface area contributed by atoms with Gasteiger partial charge in [0.1, 0.15) is 5.60 Å². The molecular formula is C15H25NO2. The Balaban J connectivity index is 1.97. The maximum atomic E-state index is 12.1. The minimum atomic E-state index is -0.397. The van der Waals surface area contributed by atoms with Gasteiger partial charge in [-0.25, -0.2) is 4.79 Å². The lowest BCUT2D eigenvalue weighted by molar-refractivity contribution is 0.0237. The van der Waals surface area contributed by atoms with Crippen LogP contribution in [-0.2, 0) is 4.74 Å². The maximum Gasteiger partial charge on any atom is 0.410 e. The highest BCUT2D eigenvalue weighted by Crippen LogP contribution is 2.39. The molecule has 1 heterocycles. The summed E-state index contributed by atoms with van der Waals surface area (Å²) >= 11 is 0. The fourth-order valence-corrected chi connectivity index (χ4v) is 2.91. The van der Waals surface area contributed by atoms with Gasteiger partial charge in [0.25, 0.3) is 0 Å². The zero-order valence-electron chi connectivity index (χ0n) is 12.0. The minimum Gasteiger partial charge on any atom is -0.444 e. The molecular weight excluding hydrogens is 226 g/mol. The van der Waals surface area contributed by atoms with Crippen LogP contribution >= 0.6 is 0 Å². The van der Waals surface area contributed by atoms with Gasteiger partial charge >= 0.3 is 6.09 Å². The van der Waals surface area contributed by atoms with E-state index in [0.717, 1.165) is 19.4 Å². The second-order valence-electron chi connectivity index (χ2n) is 6.49. The molecule has 1 aliphatic heterocycles. The third kappa shape index (κ3) is 2.88. The Kier molecular flexibility index (Phi) is 3.69. The molecule has 0 saturated carbocycles. The molecule has 1 saturated heterocycles. The third-order valence-corrected chi connectivity index (χ3v) is 3.66. The van der Waals surface area contributed by atoms with Crippen molar-refractivity contribution in [2.75, 3.05) is 6.54 Å². The number of rotatable bonds is 3. The summed E-state index contributed by atoms with van der Waals surface area (Å²) in [4.78, 5) is 14.1. The van der Waals surface area contributed by atoms with Gasteiger partial charge in [-0.1, -0.05) is 25.0 Å². The van der Waals surface area contributed by atoms with Gasteiger partial charge < -0.3 is 9.64 Å². The standard InChI is InChI=1S/C15H25NO2/c1-5-6-7-12-8-11-9-13(12)16(10-11)14(17)18-15(2,3)4/h8,11,13H,5-7,9-10H2,1-4H3/t11-,13-/m1/s1. The van der Waals surface area contributed by atoms with Crippen molar-refractivity contribution in [3.63, 3.8) is 0 Å². The minimum absolute atomic E-state index is 0.142. The van der Waals surface area contributed by atoms with Gasteiger partial charge in [0.05, 0.1) is 6.04 Å². The molecule has 2 bridgehead atoms. The number of ether oxygens (including phenoxy) is 1. The van der Waals surface area contributed by atoms with Gasteiger partial charge in [-0.15, -0.1) is 0 Å². The Labute approximate surface area is 110 Å². The Hall–Kier alpha value is -0.990. The lowest BCUT2D eigenvalue weighted by Crippen LogP contribution is -2.41. The van der Waals surface area contributed by atoms with Crippen molar-refractivity contribution in [2.24, 2.45) is 5.92 Å². The topological polar surface area (TPSA) is 29.5 Å². The molecule has 3 nitrogen and oxygen atoms in total. The average Bonchev–Trinajstić information content (AvgIpc) is 2.82. The van der Waals surface area contributed by atoms with Crippen molar-refractivity contribution in [1.29, 1.82) is 0 Å². The average molecular weight is 251 g/mol. The second-order valence-corrected chi connectivity index (χ2v) is 6.49. The van der Waals surface area contributed by atoms with Crippen LogP contribution < -0.4 is 0 Å². The Morgan fingerprint density at radius 3 is 2.78 bits per heavy atom. The van der Waals surface area contributed by atoms with Gasteiger partial charge in [-0.05, 0) is 46.0 Å². The summed E-state index contributed by atoms with van der Waals surface area (Å²) in [6, 6.07) is 0.316. The molecule has 0 aromatic heterocycles. The van der Waals surface area contributed by atoms with Gasteiger partial charge in [-0.2, -0.15) is 0 Å². The molecule has 0 N–H and O–H groups in total. The predicted molar refractivity (Wildman–Crippen MR) is 72.4 cm³/mol. The molecule has 2 rings (SSSR count). The van der Waals surface area contributed by atoms with E-state index >= 15 is 0 Å². The van der Waals surface area contributed by atoms with Crippen molar-refractivity contribution in [1.82, 2.24) is 4.90 Å². The lowest BCUT2D eigenvalue weighted by atomic mass is 10.0. The summed E-state index contributed by atoms with van der Waals surface area (Å²) in [5, 5.41) is 0. The Morgan fingerprint density at radius 2 is 2.22 bits per heavy atom. The molecule has 1 amide bonds. The number of amides is 1. The van der Waals surface area contributed by atoms with Crippen molar-refractivity contribution in [3.05, 3.63) is 11.6 Å². The zero-order chi connectivity index (χ0) is 13.3. The largest absolute Gasteiger partial charge is 0.444 e. The molecule has 3 heteroatoms. The number of fused-ring (bicyclic) bond motifs is 2. The highest BCUT2D eigenvalue weighted by atomic mass is 16.6. The van der Waals surface area contributed by atoms with Gasteiger partial charge in [-0.3, -0.25) is 0 Å². The molecule has 0 spiro atoms. The summed E-state index contributed by atoms with van der Waals surface area (Å²) in [5.41, 5.74) is 1.06. The van der Waals surface area contributed by atoms with Gasteiger partial charge in [0.2, 0.25) is 0 Å². The van der Waals surface area contributed by atoms with Crippen LogP contribution in [0.4, 0.5) is 4.79 Å². The summed E-state index contributed by atoms with van der Waals surface area (Å²) < 4.78 is 5.49. The first-order valence-corrected chi connectivity index (χ1v) is 7.11. The van der Waals surface area contributed by atoms with Crippen LogP contribution in [0.15, 0.2) is 11.6 Å². The van der Waals surface area contributed by atoms with E-state index in [2.05, 4.69) is 13.0 Å². The fraction of sp³-hybridized carbons (Fsp3) is 0.800. The number of carbonyl (C=O) groups excluding carboxylic acids is 1. The predicted octanol–water partition coefficient (Wildman–Crippen LogP) is 3.74. The smallest absolute Gasteiger partial charge is 0.410 e. The van der Waals surface area contributed by atoms with E-state index in [4.69, 9.17) is 4.74 Å². The first kappa shape index (κ1) is 13.4. The summed E-state index contributed by atoms with van der Waals surface area (Å²) in [5.74, 6) is 0.564. The SMILES string of the molecule is CCCCC1=C[C@@H]2C[C@H]1N(C(=O)OC(C)(C)C)C2. The maximum absolute atomic E-state index is 12.1. The van der Waals surface area contributed by atoms with E-state index in [-0.39, 0.29) is 6.09 Å². The first-order chi connectivity index (χ1) is 8.40. The normalized spacial score (nSPS) is 26.4.